The monoisotopic (exact) mass is 279 g/mol. The van der Waals surface area contributed by atoms with E-state index in [1.807, 2.05) is 18.2 Å². The molecule has 0 aliphatic heterocycles. The Bertz CT molecular complexity index is 325. The summed E-state index contributed by atoms with van der Waals surface area (Å²) in [5.41, 5.74) is 0.950. The van der Waals surface area contributed by atoms with Crippen LogP contribution in [-0.2, 0) is 0 Å². The number of hydrogen-bond donors (Lipinski definition) is 1. The van der Waals surface area contributed by atoms with E-state index in [1.165, 1.54) is 0 Å². The highest BCUT2D eigenvalue weighted by atomic mass is 79.9. The van der Waals surface area contributed by atoms with E-state index in [9.17, 15) is 0 Å². The van der Waals surface area contributed by atoms with Gasteiger partial charge < -0.3 is 5.32 Å². The minimum Gasteiger partial charge on any atom is -0.379 e. The van der Waals surface area contributed by atoms with Crippen LogP contribution < -0.4 is 5.32 Å². The summed E-state index contributed by atoms with van der Waals surface area (Å²) >= 11 is 14.8. The van der Waals surface area contributed by atoms with E-state index in [4.69, 9.17) is 23.2 Å². The Morgan fingerprint density at radius 3 is 2.77 bits per heavy atom. The minimum atomic E-state index is 0.543. The van der Waals surface area contributed by atoms with Gasteiger partial charge in [-0.1, -0.05) is 29.8 Å². The third-order valence-corrected chi connectivity index (χ3v) is 2.43. The SMILES string of the molecule is C=C(Cl)CNc1ccc(Cl)cc1Br. The Labute approximate surface area is 95.9 Å². The molecule has 4 heteroatoms. The fourth-order valence-corrected chi connectivity index (χ4v) is 1.71. The molecule has 1 aromatic rings. The number of benzene rings is 1. The smallest absolute Gasteiger partial charge is 0.0502 e. The maximum Gasteiger partial charge on any atom is 0.0502 e. The molecule has 1 aromatic carbocycles. The highest BCUT2D eigenvalue weighted by molar-refractivity contribution is 9.10. The predicted molar refractivity (Wildman–Crippen MR) is 62.6 cm³/mol. The average molecular weight is 281 g/mol. The predicted octanol–water partition coefficient (Wildman–Crippen LogP) is 4.27. The molecule has 0 spiro atoms. The molecule has 0 aliphatic carbocycles. The molecule has 1 nitrogen and oxygen atoms in total. The van der Waals surface area contributed by atoms with Gasteiger partial charge in [-0.3, -0.25) is 0 Å². The van der Waals surface area contributed by atoms with E-state index in [0.717, 1.165) is 10.2 Å². The van der Waals surface area contributed by atoms with E-state index in [2.05, 4.69) is 27.8 Å². The standard InChI is InChI=1S/C9H8BrCl2N/c1-6(11)5-13-9-3-2-7(12)4-8(9)10/h2-4,13H,1,5H2. The van der Waals surface area contributed by atoms with Gasteiger partial charge in [0.1, 0.15) is 0 Å². The molecule has 0 aliphatic rings. The van der Waals surface area contributed by atoms with Gasteiger partial charge in [0, 0.05) is 20.2 Å². The normalized spacial score (nSPS) is 9.77. The zero-order valence-corrected chi connectivity index (χ0v) is 9.88. The molecule has 0 atom stereocenters. The zero-order chi connectivity index (χ0) is 9.84. The van der Waals surface area contributed by atoms with Crippen molar-refractivity contribution in [1.29, 1.82) is 0 Å². The summed E-state index contributed by atoms with van der Waals surface area (Å²) in [4.78, 5) is 0. The lowest BCUT2D eigenvalue weighted by molar-refractivity contribution is 1.31. The molecule has 0 aromatic heterocycles. The molecule has 0 saturated heterocycles. The van der Waals surface area contributed by atoms with Gasteiger partial charge in [-0.2, -0.15) is 0 Å². The van der Waals surface area contributed by atoms with Gasteiger partial charge in [-0.05, 0) is 34.1 Å². The van der Waals surface area contributed by atoms with Crippen LogP contribution in [0.25, 0.3) is 0 Å². The second kappa shape index (κ2) is 4.89. The zero-order valence-electron chi connectivity index (χ0n) is 6.78. The van der Waals surface area contributed by atoms with E-state index in [0.29, 0.717) is 16.6 Å². The molecule has 0 saturated carbocycles. The third-order valence-electron chi connectivity index (χ3n) is 1.40. The number of hydrogen-bond acceptors (Lipinski definition) is 1. The lowest BCUT2D eigenvalue weighted by Crippen LogP contribution is -2.00. The highest BCUT2D eigenvalue weighted by Gasteiger charge is 1.99. The van der Waals surface area contributed by atoms with Crippen molar-refractivity contribution in [2.24, 2.45) is 0 Å². The van der Waals surface area contributed by atoms with Gasteiger partial charge in [0.25, 0.3) is 0 Å². The van der Waals surface area contributed by atoms with E-state index >= 15 is 0 Å². The molecule has 1 N–H and O–H groups in total. The maximum atomic E-state index is 5.78. The van der Waals surface area contributed by atoms with Gasteiger partial charge in [0.2, 0.25) is 0 Å². The summed E-state index contributed by atoms with van der Waals surface area (Å²) in [5, 5.41) is 4.37. The van der Waals surface area contributed by atoms with Crippen molar-refractivity contribution < 1.29 is 0 Å². The van der Waals surface area contributed by atoms with Crippen LogP contribution in [0.2, 0.25) is 5.02 Å². The Hall–Kier alpha value is -0.180. The fraction of sp³-hybridized carbons (Fsp3) is 0.111. The van der Waals surface area contributed by atoms with Crippen LogP contribution in [0.4, 0.5) is 5.69 Å². The van der Waals surface area contributed by atoms with Crippen LogP contribution in [0, 0.1) is 0 Å². The first kappa shape index (κ1) is 10.9. The van der Waals surface area contributed by atoms with Crippen LogP contribution in [-0.4, -0.2) is 6.54 Å². The minimum absolute atomic E-state index is 0.543. The summed E-state index contributed by atoms with van der Waals surface area (Å²) in [5.74, 6) is 0. The Kier molecular flexibility index (Phi) is 4.10. The summed E-state index contributed by atoms with van der Waals surface area (Å²) < 4.78 is 0.915. The molecule has 0 radical (unpaired) electrons. The average Bonchev–Trinajstić information content (AvgIpc) is 2.02. The number of anilines is 1. The van der Waals surface area contributed by atoms with Gasteiger partial charge in [-0.25, -0.2) is 0 Å². The van der Waals surface area contributed by atoms with E-state index in [1.54, 1.807) is 0 Å². The van der Waals surface area contributed by atoms with Crippen LogP contribution >= 0.6 is 39.1 Å². The first-order chi connectivity index (χ1) is 6.09. The second-order valence-electron chi connectivity index (χ2n) is 2.49. The molecule has 1 rings (SSSR count). The molecule has 13 heavy (non-hydrogen) atoms. The van der Waals surface area contributed by atoms with Crippen LogP contribution in [0.3, 0.4) is 0 Å². The van der Waals surface area contributed by atoms with Gasteiger partial charge in [0.15, 0.2) is 0 Å². The molecule has 0 fully saturated rings. The first-order valence-corrected chi connectivity index (χ1v) is 5.16. The number of nitrogens with one attached hydrogen (secondary N) is 1. The van der Waals surface area contributed by atoms with Crippen molar-refractivity contribution in [3.63, 3.8) is 0 Å². The summed E-state index contributed by atoms with van der Waals surface area (Å²) in [6.07, 6.45) is 0. The first-order valence-electron chi connectivity index (χ1n) is 3.62. The number of rotatable bonds is 3. The van der Waals surface area contributed by atoms with Crippen LogP contribution in [0.5, 0.6) is 0 Å². The molecule has 0 unspecified atom stereocenters. The van der Waals surface area contributed by atoms with Crippen molar-refractivity contribution in [3.05, 3.63) is 39.3 Å². The Balaban J connectivity index is 2.72. The summed E-state index contributed by atoms with van der Waals surface area (Å²) in [6.45, 7) is 4.12. The van der Waals surface area contributed by atoms with E-state index < -0.39 is 0 Å². The molecular formula is C9H8BrCl2N. The molecule has 0 bridgehead atoms. The summed E-state index contributed by atoms with van der Waals surface area (Å²) in [6, 6.07) is 5.51. The maximum absolute atomic E-state index is 5.78. The topological polar surface area (TPSA) is 12.0 Å². The van der Waals surface area contributed by atoms with Gasteiger partial charge >= 0.3 is 0 Å². The fourth-order valence-electron chi connectivity index (χ4n) is 0.824. The highest BCUT2D eigenvalue weighted by Crippen LogP contribution is 2.25. The molecule has 0 amide bonds. The van der Waals surface area contributed by atoms with Crippen molar-refractivity contribution in [3.8, 4) is 0 Å². The third kappa shape index (κ3) is 3.59. The van der Waals surface area contributed by atoms with Gasteiger partial charge in [-0.15, -0.1) is 0 Å². The van der Waals surface area contributed by atoms with Gasteiger partial charge in [0.05, 0.1) is 6.54 Å². The second-order valence-corrected chi connectivity index (χ2v) is 4.32. The van der Waals surface area contributed by atoms with E-state index in [-0.39, 0.29) is 0 Å². The van der Waals surface area contributed by atoms with Crippen molar-refractivity contribution in [2.45, 2.75) is 0 Å². The largest absolute Gasteiger partial charge is 0.379 e. The van der Waals surface area contributed by atoms with Crippen LogP contribution in [0.1, 0.15) is 0 Å². The number of halogens is 3. The molecule has 0 heterocycles. The molecular weight excluding hydrogens is 273 g/mol. The Morgan fingerprint density at radius 2 is 2.23 bits per heavy atom. The van der Waals surface area contributed by atoms with Crippen molar-refractivity contribution >= 4 is 44.8 Å². The lowest BCUT2D eigenvalue weighted by atomic mass is 10.3. The molecule has 70 valence electrons. The Morgan fingerprint density at radius 1 is 1.54 bits per heavy atom. The quantitative estimate of drug-likeness (QED) is 0.872. The lowest BCUT2D eigenvalue weighted by Gasteiger charge is -2.07. The van der Waals surface area contributed by atoms with Crippen molar-refractivity contribution in [1.82, 2.24) is 0 Å². The van der Waals surface area contributed by atoms with Crippen LogP contribution in [0.15, 0.2) is 34.3 Å². The summed E-state index contributed by atoms with van der Waals surface area (Å²) in [7, 11) is 0. The van der Waals surface area contributed by atoms with Crippen molar-refractivity contribution in [2.75, 3.05) is 11.9 Å².